The predicted molar refractivity (Wildman–Crippen MR) is 109 cm³/mol. The monoisotopic (exact) mass is 447 g/mol. The normalized spacial score (nSPS) is 12.6. The molecule has 0 unspecified atom stereocenters. The number of aliphatic hydroxyl groups is 1. The van der Waals surface area contributed by atoms with Crippen molar-refractivity contribution in [2.24, 2.45) is 0 Å². The van der Waals surface area contributed by atoms with Crippen molar-refractivity contribution in [3.8, 4) is 17.1 Å². The van der Waals surface area contributed by atoms with Crippen molar-refractivity contribution in [1.29, 1.82) is 0 Å². The molecular weight excluding hydrogens is 427 g/mol. The molecule has 0 aliphatic rings. The van der Waals surface area contributed by atoms with E-state index in [0.717, 1.165) is 29.3 Å². The van der Waals surface area contributed by atoms with Crippen molar-refractivity contribution in [2.75, 3.05) is 6.61 Å². The quantitative estimate of drug-likeness (QED) is 0.495. The van der Waals surface area contributed by atoms with Gasteiger partial charge in [-0.25, -0.2) is 4.98 Å². The van der Waals surface area contributed by atoms with E-state index in [-0.39, 0.29) is 18.1 Å². The van der Waals surface area contributed by atoms with E-state index in [2.05, 4.69) is 20.0 Å². The average Bonchev–Trinajstić information content (AvgIpc) is 3.18. The molecule has 32 heavy (non-hydrogen) atoms. The summed E-state index contributed by atoms with van der Waals surface area (Å²) in [5.74, 6) is 0.255. The predicted octanol–water partition coefficient (Wildman–Crippen LogP) is 4.46. The second-order valence-electron chi connectivity index (χ2n) is 6.85. The standard InChI is InChI=1S/C22H20F3N3O4/c1-14-21(32-13-27-14)16-4-2-15(3-5-16)10-20(30)28-19(8-9-29)18-7-6-17(11-26-18)31-12-22(23,24)25/h2-9,11,13,19,29H,10,12H2,1H3,(H,28,30)/b9-8-/t19-/m1/s1. The maximum absolute atomic E-state index is 12.5. The van der Waals surface area contributed by atoms with Gasteiger partial charge in [0.15, 0.2) is 18.8 Å². The van der Waals surface area contributed by atoms with Gasteiger partial charge in [-0.3, -0.25) is 9.78 Å². The Balaban J connectivity index is 1.62. The van der Waals surface area contributed by atoms with E-state index in [1.165, 1.54) is 24.6 Å². The Morgan fingerprint density at radius 1 is 1.22 bits per heavy atom. The van der Waals surface area contributed by atoms with Crippen molar-refractivity contribution in [1.82, 2.24) is 15.3 Å². The Labute approximate surface area is 181 Å². The second kappa shape index (κ2) is 9.99. The highest BCUT2D eigenvalue weighted by molar-refractivity contribution is 5.79. The zero-order valence-corrected chi connectivity index (χ0v) is 17.0. The van der Waals surface area contributed by atoms with Crippen LogP contribution in [0.4, 0.5) is 13.2 Å². The van der Waals surface area contributed by atoms with E-state index >= 15 is 0 Å². The number of aryl methyl sites for hydroxylation is 1. The summed E-state index contributed by atoms with van der Waals surface area (Å²) in [6, 6.07) is 9.16. The van der Waals surface area contributed by atoms with Crippen molar-refractivity contribution in [3.05, 3.63) is 78.3 Å². The number of oxazole rings is 1. The summed E-state index contributed by atoms with van der Waals surface area (Å²) in [4.78, 5) is 20.6. The molecule has 3 aromatic rings. The van der Waals surface area contributed by atoms with E-state index in [0.29, 0.717) is 11.5 Å². The van der Waals surface area contributed by atoms with E-state index in [4.69, 9.17) is 9.52 Å². The second-order valence-corrected chi connectivity index (χ2v) is 6.85. The number of aliphatic hydroxyl groups excluding tert-OH is 1. The summed E-state index contributed by atoms with van der Waals surface area (Å²) < 4.78 is 46.7. The molecule has 0 bridgehead atoms. The van der Waals surface area contributed by atoms with E-state index < -0.39 is 18.8 Å². The summed E-state index contributed by atoms with van der Waals surface area (Å²) in [6.07, 6.45) is 0.153. The van der Waals surface area contributed by atoms with Crippen molar-refractivity contribution in [2.45, 2.75) is 25.6 Å². The molecule has 0 aliphatic heterocycles. The van der Waals surface area contributed by atoms with Gasteiger partial charge in [-0.05, 0) is 30.7 Å². The van der Waals surface area contributed by atoms with Crippen LogP contribution in [0.2, 0.25) is 0 Å². The molecule has 0 saturated carbocycles. The third-order valence-electron chi connectivity index (χ3n) is 4.40. The first-order chi connectivity index (χ1) is 15.2. The average molecular weight is 447 g/mol. The molecule has 168 valence electrons. The van der Waals surface area contributed by atoms with Crippen LogP contribution in [0.5, 0.6) is 5.75 Å². The zero-order valence-electron chi connectivity index (χ0n) is 17.0. The maximum atomic E-state index is 12.5. The number of benzene rings is 1. The number of pyridine rings is 1. The molecule has 0 saturated heterocycles. The fraction of sp³-hybridized carbons (Fsp3) is 0.227. The Morgan fingerprint density at radius 2 is 1.97 bits per heavy atom. The van der Waals surface area contributed by atoms with Crippen molar-refractivity contribution >= 4 is 5.91 Å². The van der Waals surface area contributed by atoms with Gasteiger partial charge < -0.3 is 19.6 Å². The number of ether oxygens (including phenoxy) is 1. The lowest BCUT2D eigenvalue weighted by Gasteiger charge is -2.15. The number of rotatable bonds is 8. The van der Waals surface area contributed by atoms with Gasteiger partial charge in [0.05, 0.1) is 36.3 Å². The topological polar surface area (TPSA) is 97.5 Å². The third kappa shape index (κ3) is 6.34. The number of nitrogens with one attached hydrogen (secondary N) is 1. The van der Waals surface area contributed by atoms with E-state index in [9.17, 15) is 18.0 Å². The summed E-state index contributed by atoms with van der Waals surface area (Å²) in [6.45, 7) is 0.400. The summed E-state index contributed by atoms with van der Waals surface area (Å²) >= 11 is 0. The van der Waals surface area contributed by atoms with Crippen LogP contribution in [-0.4, -0.2) is 33.8 Å². The van der Waals surface area contributed by atoms with Crippen LogP contribution in [0.3, 0.4) is 0 Å². The Morgan fingerprint density at radius 3 is 2.53 bits per heavy atom. The van der Waals surface area contributed by atoms with Gasteiger partial charge in [0.25, 0.3) is 0 Å². The lowest BCUT2D eigenvalue weighted by Crippen LogP contribution is -2.29. The molecule has 1 atom stereocenters. The Kier molecular flexibility index (Phi) is 7.14. The molecular formula is C22H20F3N3O4. The molecule has 0 aliphatic carbocycles. The Hall–Kier alpha value is -3.82. The van der Waals surface area contributed by atoms with Crippen LogP contribution < -0.4 is 10.1 Å². The van der Waals surface area contributed by atoms with Crippen molar-refractivity contribution < 1.29 is 32.2 Å². The van der Waals surface area contributed by atoms with Crippen LogP contribution >= 0.6 is 0 Å². The molecule has 1 aromatic carbocycles. The van der Waals surface area contributed by atoms with Crippen LogP contribution in [-0.2, 0) is 11.2 Å². The van der Waals surface area contributed by atoms with Gasteiger partial charge >= 0.3 is 6.18 Å². The molecule has 1 amide bonds. The summed E-state index contributed by atoms with van der Waals surface area (Å²) in [5, 5.41) is 11.9. The molecule has 0 fully saturated rings. The highest BCUT2D eigenvalue weighted by atomic mass is 19.4. The molecule has 2 heterocycles. The summed E-state index contributed by atoms with van der Waals surface area (Å²) in [7, 11) is 0. The lowest BCUT2D eigenvalue weighted by molar-refractivity contribution is -0.153. The fourth-order valence-corrected chi connectivity index (χ4v) is 2.90. The zero-order chi connectivity index (χ0) is 23.1. The minimum absolute atomic E-state index is 0.0637. The number of aromatic nitrogens is 2. The number of carbonyl (C=O) groups excluding carboxylic acids is 1. The van der Waals surface area contributed by atoms with Crippen LogP contribution in [0.25, 0.3) is 11.3 Å². The highest BCUT2D eigenvalue weighted by Gasteiger charge is 2.28. The van der Waals surface area contributed by atoms with Gasteiger partial charge in [0, 0.05) is 5.56 Å². The molecule has 3 rings (SSSR count). The fourth-order valence-electron chi connectivity index (χ4n) is 2.90. The third-order valence-corrected chi connectivity index (χ3v) is 4.40. The molecule has 10 heteroatoms. The minimum atomic E-state index is -4.46. The van der Waals surface area contributed by atoms with Gasteiger partial charge in [-0.1, -0.05) is 24.3 Å². The number of alkyl halides is 3. The SMILES string of the molecule is Cc1ncoc1-c1ccc(CC(=O)N[C@H](/C=C\O)c2ccc(OCC(F)(F)F)cn2)cc1. The van der Waals surface area contributed by atoms with Crippen molar-refractivity contribution in [3.63, 3.8) is 0 Å². The van der Waals surface area contributed by atoms with Crippen LogP contribution in [0, 0.1) is 6.92 Å². The first kappa shape index (κ1) is 22.9. The number of hydrogen-bond acceptors (Lipinski definition) is 6. The lowest BCUT2D eigenvalue weighted by atomic mass is 10.1. The smallest absolute Gasteiger partial charge is 0.422 e. The Bertz CT molecular complexity index is 1060. The number of halogens is 3. The highest BCUT2D eigenvalue weighted by Crippen LogP contribution is 2.23. The number of hydrogen-bond donors (Lipinski definition) is 2. The van der Waals surface area contributed by atoms with Crippen LogP contribution in [0.15, 0.2) is 65.7 Å². The van der Waals surface area contributed by atoms with Gasteiger partial charge in [0.1, 0.15) is 5.75 Å². The first-order valence-electron chi connectivity index (χ1n) is 9.50. The summed E-state index contributed by atoms with van der Waals surface area (Å²) in [5.41, 5.74) is 2.66. The van der Waals surface area contributed by atoms with E-state index in [1.54, 1.807) is 12.1 Å². The van der Waals surface area contributed by atoms with E-state index in [1.807, 2.05) is 19.1 Å². The molecule has 7 nitrogen and oxygen atoms in total. The number of carbonyl (C=O) groups is 1. The largest absolute Gasteiger partial charge is 0.516 e. The minimum Gasteiger partial charge on any atom is -0.516 e. The molecule has 0 spiro atoms. The first-order valence-corrected chi connectivity index (χ1v) is 9.50. The molecule has 0 radical (unpaired) electrons. The molecule has 2 aromatic heterocycles. The maximum Gasteiger partial charge on any atom is 0.422 e. The van der Waals surface area contributed by atoms with Gasteiger partial charge in [-0.15, -0.1) is 0 Å². The number of amides is 1. The van der Waals surface area contributed by atoms with Crippen LogP contribution in [0.1, 0.15) is 23.0 Å². The number of nitrogens with zero attached hydrogens (tertiary/aromatic N) is 2. The molecule has 2 N–H and O–H groups in total. The van der Waals surface area contributed by atoms with Gasteiger partial charge in [0.2, 0.25) is 5.91 Å². The van der Waals surface area contributed by atoms with Gasteiger partial charge in [-0.2, -0.15) is 13.2 Å².